The van der Waals surface area contributed by atoms with Crippen molar-refractivity contribution in [2.75, 3.05) is 0 Å². The van der Waals surface area contributed by atoms with Crippen molar-refractivity contribution < 1.29 is 0 Å². The molecule has 3 nitrogen and oxygen atoms in total. The smallest absolute Gasteiger partial charge is 0.139 e. The molecular formula is C13H11N3. The first-order chi connectivity index (χ1) is 7.84. The Labute approximate surface area is 93.2 Å². The summed E-state index contributed by atoms with van der Waals surface area (Å²) in [6.45, 7) is 2.00. The minimum Gasteiger partial charge on any atom is -0.342 e. The van der Waals surface area contributed by atoms with Gasteiger partial charge in [0.1, 0.15) is 5.82 Å². The number of H-pyrrole nitrogens is 1. The summed E-state index contributed by atoms with van der Waals surface area (Å²) in [5, 5.41) is 1.13. The van der Waals surface area contributed by atoms with Crippen molar-refractivity contribution >= 4 is 10.9 Å². The lowest BCUT2D eigenvalue weighted by atomic mass is 10.1. The monoisotopic (exact) mass is 209 g/mol. The molecule has 78 valence electrons. The zero-order valence-electron chi connectivity index (χ0n) is 8.94. The highest BCUT2D eigenvalue weighted by molar-refractivity contribution is 5.91. The van der Waals surface area contributed by atoms with Crippen LogP contribution >= 0.6 is 0 Å². The van der Waals surface area contributed by atoms with Gasteiger partial charge in [-0.3, -0.25) is 4.98 Å². The van der Waals surface area contributed by atoms with Crippen LogP contribution in [0, 0.1) is 6.92 Å². The summed E-state index contributed by atoms with van der Waals surface area (Å²) >= 11 is 0. The SMILES string of the molecule is Cc1cnc(-c2cccc3cccnc23)[nH]1. The lowest BCUT2D eigenvalue weighted by Gasteiger charge is -2.02. The number of imidazole rings is 1. The van der Waals surface area contributed by atoms with Crippen LogP contribution in [-0.4, -0.2) is 15.0 Å². The summed E-state index contributed by atoms with van der Waals surface area (Å²) < 4.78 is 0. The fraction of sp³-hybridized carbons (Fsp3) is 0.0769. The van der Waals surface area contributed by atoms with Crippen molar-refractivity contribution in [2.45, 2.75) is 6.92 Å². The second kappa shape index (κ2) is 3.45. The molecule has 0 aliphatic heterocycles. The molecular weight excluding hydrogens is 198 g/mol. The van der Waals surface area contributed by atoms with Gasteiger partial charge >= 0.3 is 0 Å². The van der Waals surface area contributed by atoms with Crippen LogP contribution in [0.1, 0.15) is 5.69 Å². The number of fused-ring (bicyclic) bond motifs is 1. The zero-order valence-corrected chi connectivity index (χ0v) is 8.94. The second-order valence-electron chi connectivity index (χ2n) is 3.80. The number of aryl methyl sites for hydroxylation is 1. The molecule has 0 saturated heterocycles. The van der Waals surface area contributed by atoms with Crippen LogP contribution in [0.3, 0.4) is 0 Å². The number of nitrogens with zero attached hydrogens (tertiary/aromatic N) is 2. The van der Waals surface area contributed by atoms with E-state index in [0.717, 1.165) is 28.0 Å². The first-order valence-corrected chi connectivity index (χ1v) is 5.20. The van der Waals surface area contributed by atoms with Crippen molar-refractivity contribution in [3.05, 3.63) is 48.4 Å². The van der Waals surface area contributed by atoms with E-state index in [9.17, 15) is 0 Å². The Morgan fingerprint density at radius 1 is 1.06 bits per heavy atom. The third-order valence-electron chi connectivity index (χ3n) is 2.59. The molecule has 1 aromatic carbocycles. The highest BCUT2D eigenvalue weighted by Gasteiger charge is 2.06. The van der Waals surface area contributed by atoms with Crippen LogP contribution in [0.5, 0.6) is 0 Å². The summed E-state index contributed by atoms with van der Waals surface area (Å²) in [5.41, 5.74) is 3.09. The van der Waals surface area contributed by atoms with Gasteiger partial charge in [0.25, 0.3) is 0 Å². The molecule has 0 atom stereocenters. The zero-order chi connectivity index (χ0) is 11.0. The number of hydrogen-bond donors (Lipinski definition) is 1. The maximum atomic E-state index is 4.41. The Morgan fingerprint density at radius 3 is 2.75 bits per heavy atom. The van der Waals surface area contributed by atoms with Gasteiger partial charge in [-0.2, -0.15) is 0 Å². The number of rotatable bonds is 1. The summed E-state index contributed by atoms with van der Waals surface area (Å²) in [5.74, 6) is 0.877. The van der Waals surface area contributed by atoms with Gasteiger partial charge in [-0.25, -0.2) is 4.98 Å². The summed E-state index contributed by atoms with van der Waals surface area (Å²) in [4.78, 5) is 12.0. The van der Waals surface area contributed by atoms with Gasteiger partial charge in [0.05, 0.1) is 5.52 Å². The third-order valence-corrected chi connectivity index (χ3v) is 2.59. The molecule has 0 unspecified atom stereocenters. The van der Waals surface area contributed by atoms with Gasteiger partial charge in [0.2, 0.25) is 0 Å². The molecule has 2 aromatic heterocycles. The fourth-order valence-electron chi connectivity index (χ4n) is 1.84. The van der Waals surface area contributed by atoms with Gasteiger partial charge in [-0.1, -0.05) is 18.2 Å². The Morgan fingerprint density at radius 2 is 1.94 bits per heavy atom. The molecule has 3 aromatic rings. The molecule has 0 radical (unpaired) electrons. The van der Waals surface area contributed by atoms with Crippen molar-refractivity contribution in [1.82, 2.24) is 15.0 Å². The van der Waals surface area contributed by atoms with E-state index in [1.54, 1.807) is 0 Å². The number of aromatic nitrogens is 3. The van der Waals surface area contributed by atoms with E-state index in [-0.39, 0.29) is 0 Å². The topological polar surface area (TPSA) is 41.6 Å². The molecule has 0 amide bonds. The molecule has 16 heavy (non-hydrogen) atoms. The highest BCUT2D eigenvalue weighted by Crippen LogP contribution is 2.24. The van der Waals surface area contributed by atoms with Crippen molar-refractivity contribution in [2.24, 2.45) is 0 Å². The number of nitrogens with one attached hydrogen (secondary N) is 1. The molecule has 0 aliphatic carbocycles. The molecule has 0 aliphatic rings. The average Bonchev–Trinajstić information content (AvgIpc) is 2.75. The quantitative estimate of drug-likeness (QED) is 0.669. The number of para-hydroxylation sites is 1. The minimum atomic E-state index is 0.877. The van der Waals surface area contributed by atoms with Crippen LogP contribution in [0.2, 0.25) is 0 Å². The molecule has 2 heterocycles. The van der Waals surface area contributed by atoms with Crippen LogP contribution in [0.4, 0.5) is 0 Å². The summed E-state index contributed by atoms with van der Waals surface area (Å²) in [6.07, 6.45) is 3.64. The third kappa shape index (κ3) is 1.37. The van der Waals surface area contributed by atoms with E-state index in [4.69, 9.17) is 0 Å². The van der Waals surface area contributed by atoms with Gasteiger partial charge < -0.3 is 4.98 Å². The van der Waals surface area contributed by atoms with Crippen molar-refractivity contribution in [3.8, 4) is 11.4 Å². The van der Waals surface area contributed by atoms with Gasteiger partial charge in [0, 0.05) is 29.0 Å². The van der Waals surface area contributed by atoms with E-state index in [0.29, 0.717) is 0 Å². The van der Waals surface area contributed by atoms with Crippen molar-refractivity contribution in [1.29, 1.82) is 0 Å². The normalized spacial score (nSPS) is 10.8. The van der Waals surface area contributed by atoms with Gasteiger partial charge in [0.15, 0.2) is 0 Å². The molecule has 3 heteroatoms. The van der Waals surface area contributed by atoms with Crippen molar-refractivity contribution in [3.63, 3.8) is 0 Å². The van der Waals surface area contributed by atoms with E-state index in [2.05, 4.69) is 27.1 Å². The Bertz CT molecular complexity index is 635. The lowest BCUT2D eigenvalue weighted by molar-refractivity contribution is 1.25. The number of aromatic amines is 1. The lowest BCUT2D eigenvalue weighted by Crippen LogP contribution is -1.86. The molecule has 0 saturated carbocycles. The second-order valence-corrected chi connectivity index (χ2v) is 3.80. The molecule has 0 bridgehead atoms. The highest BCUT2D eigenvalue weighted by atomic mass is 14.9. The Hall–Kier alpha value is -2.16. The number of hydrogen-bond acceptors (Lipinski definition) is 2. The molecule has 1 N–H and O–H groups in total. The predicted octanol–water partition coefficient (Wildman–Crippen LogP) is 2.93. The van der Waals surface area contributed by atoms with E-state index >= 15 is 0 Å². The van der Waals surface area contributed by atoms with Gasteiger partial charge in [-0.05, 0) is 19.1 Å². The summed E-state index contributed by atoms with van der Waals surface area (Å²) in [6, 6.07) is 10.1. The first-order valence-electron chi connectivity index (χ1n) is 5.20. The Balaban J connectivity index is 2.31. The van der Waals surface area contributed by atoms with Gasteiger partial charge in [-0.15, -0.1) is 0 Å². The van der Waals surface area contributed by atoms with E-state index < -0.39 is 0 Å². The largest absolute Gasteiger partial charge is 0.342 e. The van der Waals surface area contributed by atoms with Crippen LogP contribution in [-0.2, 0) is 0 Å². The molecule has 0 fully saturated rings. The van der Waals surface area contributed by atoms with Crippen LogP contribution in [0.25, 0.3) is 22.3 Å². The first kappa shape index (κ1) is 9.09. The Kier molecular flexibility index (Phi) is 1.96. The maximum absolute atomic E-state index is 4.41. The number of benzene rings is 1. The predicted molar refractivity (Wildman–Crippen MR) is 64.1 cm³/mol. The standard InChI is InChI=1S/C13H11N3/c1-9-8-15-13(16-9)11-6-2-4-10-5-3-7-14-12(10)11/h2-8H,1H3,(H,15,16). The fourth-order valence-corrected chi connectivity index (χ4v) is 1.84. The average molecular weight is 209 g/mol. The molecule has 0 spiro atoms. The van der Waals surface area contributed by atoms with E-state index in [1.165, 1.54) is 0 Å². The maximum Gasteiger partial charge on any atom is 0.139 e. The van der Waals surface area contributed by atoms with Crippen LogP contribution in [0.15, 0.2) is 42.7 Å². The molecule has 3 rings (SSSR count). The summed E-state index contributed by atoms with van der Waals surface area (Å²) in [7, 11) is 0. The number of pyridine rings is 1. The van der Waals surface area contributed by atoms with E-state index in [1.807, 2.05) is 37.5 Å². The minimum absolute atomic E-state index is 0.877. The van der Waals surface area contributed by atoms with Crippen LogP contribution < -0.4 is 0 Å².